The van der Waals surface area contributed by atoms with Crippen LogP contribution in [-0.2, 0) is 23.7 Å². The Morgan fingerprint density at radius 2 is 2.13 bits per heavy atom. The minimum absolute atomic E-state index is 0.0497. The van der Waals surface area contributed by atoms with E-state index in [4.69, 9.17) is 0 Å². The number of hydrogen-bond acceptors (Lipinski definition) is 3. The van der Waals surface area contributed by atoms with Crippen LogP contribution in [0, 0.1) is 0 Å². The molecule has 0 bridgehead atoms. The molecule has 1 rings (SSSR count). The number of aromatic nitrogens is 2. The van der Waals surface area contributed by atoms with Crippen LogP contribution in [0.4, 0.5) is 12.7 Å². The quantitative estimate of drug-likeness (QED) is 0.745. The molecule has 0 aliphatic rings. The van der Waals surface area contributed by atoms with Gasteiger partial charge < -0.3 is 0 Å². The fourth-order valence-corrected chi connectivity index (χ4v) is 1.63. The summed E-state index contributed by atoms with van der Waals surface area (Å²) in [6.45, 7) is 0. The fourth-order valence-electron chi connectivity index (χ4n) is 1.16. The van der Waals surface area contributed by atoms with E-state index in [0.29, 0.717) is 0 Å². The highest BCUT2D eigenvalue weighted by Crippen LogP contribution is 2.21. The summed E-state index contributed by atoms with van der Waals surface area (Å²) in [7, 11) is -3.21. The van der Waals surface area contributed by atoms with E-state index in [-0.39, 0.29) is 12.0 Å². The van der Waals surface area contributed by atoms with Crippen LogP contribution in [0.3, 0.4) is 0 Å². The summed E-state index contributed by atoms with van der Waals surface area (Å²) in [6, 6.07) is 0. The van der Waals surface area contributed by atoms with Crippen LogP contribution in [0.1, 0.15) is 17.7 Å². The van der Waals surface area contributed by atoms with Gasteiger partial charge in [-0.05, 0) is 6.42 Å². The van der Waals surface area contributed by atoms with E-state index < -0.39 is 28.1 Å². The highest BCUT2D eigenvalue weighted by atomic mass is 32.3. The van der Waals surface area contributed by atoms with Crippen molar-refractivity contribution in [2.24, 2.45) is 7.05 Å². The van der Waals surface area contributed by atoms with Gasteiger partial charge in [0.15, 0.2) is 0 Å². The van der Waals surface area contributed by atoms with Gasteiger partial charge in [-0.2, -0.15) is 13.5 Å². The second kappa shape index (κ2) is 4.21. The Hall–Kier alpha value is -1.05. The van der Waals surface area contributed by atoms with Crippen LogP contribution in [0.15, 0.2) is 6.20 Å². The van der Waals surface area contributed by atoms with E-state index in [9.17, 15) is 21.1 Å². The van der Waals surface area contributed by atoms with E-state index in [1.165, 1.54) is 13.2 Å². The van der Waals surface area contributed by atoms with Gasteiger partial charge in [-0.25, -0.2) is 8.78 Å². The zero-order valence-corrected chi connectivity index (χ0v) is 8.64. The summed E-state index contributed by atoms with van der Waals surface area (Å²) < 4.78 is 58.4. The number of hydrogen-bond donors (Lipinski definition) is 0. The van der Waals surface area contributed by atoms with E-state index >= 15 is 0 Å². The maximum atomic E-state index is 12.3. The van der Waals surface area contributed by atoms with Crippen molar-refractivity contribution in [1.29, 1.82) is 0 Å². The first kappa shape index (κ1) is 12.0. The number of rotatable bonds is 4. The Balaban J connectivity index is 2.85. The van der Waals surface area contributed by atoms with Crippen LogP contribution in [0.25, 0.3) is 0 Å². The zero-order chi connectivity index (χ0) is 11.6. The number of alkyl halides is 2. The molecule has 0 radical (unpaired) electrons. The molecule has 86 valence electrons. The van der Waals surface area contributed by atoms with Gasteiger partial charge in [0.25, 0.3) is 6.43 Å². The first-order valence-corrected chi connectivity index (χ1v) is 5.58. The number of aryl methyl sites for hydroxylation is 2. The molecule has 4 nitrogen and oxygen atoms in total. The standard InChI is InChI=1S/C7H9F3N2O2S/c1-12-4-5(2-3-15(10,13)14)6(11-12)7(8)9/h4,7H,2-3H2,1H3. The molecule has 0 N–H and O–H groups in total. The number of halogens is 3. The summed E-state index contributed by atoms with van der Waals surface area (Å²) in [5.74, 6) is -0.807. The second-order valence-electron chi connectivity index (χ2n) is 3.01. The lowest BCUT2D eigenvalue weighted by Gasteiger charge is -1.98. The number of nitrogens with zero attached hydrogens (tertiary/aromatic N) is 2. The largest absolute Gasteiger partial charge is 0.302 e. The molecule has 0 amide bonds. The van der Waals surface area contributed by atoms with Gasteiger partial charge in [0.05, 0.1) is 5.75 Å². The average Bonchev–Trinajstić information content (AvgIpc) is 2.42. The third kappa shape index (κ3) is 3.54. The summed E-state index contributed by atoms with van der Waals surface area (Å²) in [5.41, 5.74) is -0.449. The normalized spacial score (nSPS) is 12.3. The molecule has 1 heterocycles. The lowest BCUT2D eigenvalue weighted by Crippen LogP contribution is -2.03. The molecule has 15 heavy (non-hydrogen) atoms. The minimum atomic E-state index is -4.64. The summed E-state index contributed by atoms with van der Waals surface area (Å²) in [6.07, 6.45) is -1.83. The smallest absolute Gasteiger partial charge is 0.275 e. The molecule has 0 saturated heterocycles. The molecule has 0 aliphatic heterocycles. The molecule has 0 unspecified atom stereocenters. The van der Waals surface area contributed by atoms with Crippen molar-refractivity contribution >= 4 is 10.2 Å². The van der Waals surface area contributed by atoms with Crippen molar-refractivity contribution in [2.75, 3.05) is 5.75 Å². The van der Waals surface area contributed by atoms with Crippen molar-refractivity contribution in [3.05, 3.63) is 17.5 Å². The highest BCUT2D eigenvalue weighted by molar-refractivity contribution is 7.86. The predicted octanol–water partition coefficient (Wildman–Crippen LogP) is 1.20. The Labute approximate surface area is 84.9 Å². The molecule has 1 aromatic rings. The lowest BCUT2D eigenvalue weighted by atomic mass is 10.2. The third-order valence-electron chi connectivity index (χ3n) is 1.76. The van der Waals surface area contributed by atoms with Gasteiger partial charge in [0.2, 0.25) is 0 Å². The van der Waals surface area contributed by atoms with Crippen LogP contribution in [0.5, 0.6) is 0 Å². The van der Waals surface area contributed by atoms with E-state index in [1.54, 1.807) is 0 Å². The van der Waals surface area contributed by atoms with Crippen molar-refractivity contribution in [3.63, 3.8) is 0 Å². The SMILES string of the molecule is Cn1cc(CCS(=O)(=O)F)c(C(F)F)n1. The maximum Gasteiger partial charge on any atom is 0.302 e. The summed E-state index contributed by atoms with van der Waals surface area (Å²) >= 11 is 0. The van der Waals surface area contributed by atoms with E-state index in [2.05, 4.69) is 5.10 Å². The second-order valence-corrected chi connectivity index (χ2v) is 4.49. The fraction of sp³-hybridized carbons (Fsp3) is 0.571. The molecule has 1 aromatic heterocycles. The molecule has 0 saturated carbocycles. The van der Waals surface area contributed by atoms with E-state index in [0.717, 1.165) is 4.68 Å². The van der Waals surface area contributed by atoms with Crippen molar-refractivity contribution in [1.82, 2.24) is 9.78 Å². The molecule has 0 aliphatic carbocycles. The molecule has 0 fully saturated rings. The van der Waals surface area contributed by atoms with Crippen LogP contribution in [0.2, 0.25) is 0 Å². The molecular weight excluding hydrogens is 233 g/mol. The van der Waals surface area contributed by atoms with Gasteiger partial charge in [-0.3, -0.25) is 4.68 Å². The Kier molecular flexibility index (Phi) is 3.38. The first-order valence-electron chi connectivity index (χ1n) is 4.02. The summed E-state index contributed by atoms with van der Waals surface area (Å²) in [4.78, 5) is 0. The van der Waals surface area contributed by atoms with Gasteiger partial charge in [0.1, 0.15) is 5.69 Å². The molecule has 0 atom stereocenters. The van der Waals surface area contributed by atoms with Crippen molar-refractivity contribution < 1.29 is 21.1 Å². The predicted molar refractivity (Wildman–Crippen MR) is 46.8 cm³/mol. The lowest BCUT2D eigenvalue weighted by molar-refractivity contribution is 0.144. The van der Waals surface area contributed by atoms with Crippen molar-refractivity contribution in [3.8, 4) is 0 Å². The van der Waals surface area contributed by atoms with Crippen molar-refractivity contribution in [2.45, 2.75) is 12.8 Å². The van der Waals surface area contributed by atoms with Gasteiger partial charge >= 0.3 is 10.2 Å². The third-order valence-corrected chi connectivity index (χ3v) is 2.45. The van der Waals surface area contributed by atoms with Crippen LogP contribution >= 0.6 is 0 Å². The highest BCUT2D eigenvalue weighted by Gasteiger charge is 2.19. The Bertz CT molecular complexity index is 441. The average molecular weight is 242 g/mol. The van der Waals surface area contributed by atoms with E-state index in [1.807, 2.05) is 0 Å². The molecule has 0 spiro atoms. The maximum absolute atomic E-state index is 12.3. The minimum Gasteiger partial charge on any atom is -0.275 e. The Morgan fingerprint density at radius 1 is 1.53 bits per heavy atom. The Morgan fingerprint density at radius 3 is 2.60 bits per heavy atom. The molecule has 0 aromatic carbocycles. The van der Waals surface area contributed by atoms with Gasteiger partial charge in [0, 0.05) is 18.8 Å². The van der Waals surface area contributed by atoms with Crippen LogP contribution < -0.4 is 0 Å². The molecular formula is C7H9F3N2O2S. The monoisotopic (exact) mass is 242 g/mol. The van der Waals surface area contributed by atoms with Gasteiger partial charge in [-0.15, -0.1) is 3.89 Å². The topological polar surface area (TPSA) is 52.0 Å². The summed E-state index contributed by atoms with van der Waals surface area (Å²) in [5, 5.41) is 3.46. The van der Waals surface area contributed by atoms with Gasteiger partial charge in [-0.1, -0.05) is 0 Å². The zero-order valence-electron chi connectivity index (χ0n) is 7.82. The molecule has 8 heteroatoms. The van der Waals surface area contributed by atoms with Crippen LogP contribution in [-0.4, -0.2) is 24.0 Å². The first-order chi connectivity index (χ1) is 6.79.